The van der Waals surface area contributed by atoms with Crippen LogP contribution in [0, 0.1) is 0 Å². The molecule has 0 aliphatic rings. The highest BCUT2D eigenvalue weighted by molar-refractivity contribution is 5.66. The lowest BCUT2D eigenvalue weighted by molar-refractivity contribution is -0.143. The Morgan fingerprint density at radius 1 is 0.417 bits per heavy atom. The number of rotatable bonds is 21. The summed E-state index contributed by atoms with van der Waals surface area (Å²) in [6, 6.07) is 0. The maximum Gasteiger partial charge on any atom is 0.302 e. The molecule has 0 spiro atoms. The number of esters is 4. The van der Waals surface area contributed by atoms with Crippen LogP contribution in [0.15, 0.2) is 0 Å². The van der Waals surface area contributed by atoms with Crippen molar-refractivity contribution in [1.29, 1.82) is 0 Å². The van der Waals surface area contributed by atoms with E-state index in [1.54, 1.807) is 0 Å². The molecule has 0 radical (unpaired) electrons. The van der Waals surface area contributed by atoms with Gasteiger partial charge >= 0.3 is 23.9 Å². The quantitative estimate of drug-likeness (QED) is 0.147. The van der Waals surface area contributed by atoms with E-state index < -0.39 is 0 Å². The minimum absolute atomic E-state index is 0.271. The topological polar surface area (TPSA) is 118 Å². The normalized spacial score (nSPS) is 11.3. The largest absolute Gasteiger partial charge is 0.465 e. The second-order valence-corrected chi connectivity index (χ2v) is 8.65. The third-order valence-corrected chi connectivity index (χ3v) is 5.31. The van der Waals surface area contributed by atoms with Crippen molar-refractivity contribution in [1.82, 2.24) is 19.6 Å². The molecule has 0 aromatic carbocycles. The monoisotopic (exact) mass is 518 g/mol. The summed E-state index contributed by atoms with van der Waals surface area (Å²) in [6.45, 7) is 13.8. The van der Waals surface area contributed by atoms with E-state index in [1.165, 1.54) is 27.7 Å². The average molecular weight is 519 g/mol. The average Bonchev–Trinajstić information content (AvgIpc) is 2.77. The Kier molecular flexibility index (Phi) is 19.5. The Morgan fingerprint density at radius 2 is 0.667 bits per heavy atom. The van der Waals surface area contributed by atoms with Crippen molar-refractivity contribution in [3.63, 3.8) is 0 Å². The van der Waals surface area contributed by atoms with Crippen LogP contribution in [0.5, 0.6) is 0 Å². The first-order chi connectivity index (χ1) is 17.0. The Bertz CT molecular complexity index is 600. The summed E-state index contributed by atoms with van der Waals surface area (Å²) in [6.07, 6.45) is 0. The highest BCUT2D eigenvalue weighted by Crippen LogP contribution is 1.98. The minimum atomic E-state index is -0.329. The predicted octanol–water partition coefficient (Wildman–Crippen LogP) is -0.294. The second kappa shape index (κ2) is 20.9. The van der Waals surface area contributed by atoms with Gasteiger partial charge in [-0.05, 0) is 14.1 Å². The first kappa shape index (κ1) is 33.7. The fourth-order valence-electron chi connectivity index (χ4n) is 3.13. The summed E-state index contributed by atoms with van der Waals surface area (Å²) in [5.41, 5.74) is 0. The van der Waals surface area contributed by atoms with Crippen LogP contribution in [-0.4, -0.2) is 149 Å². The van der Waals surface area contributed by atoms with Crippen molar-refractivity contribution in [3.05, 3.63) is 0 Å². The zero-order valence-corrected chi connectivity index (χ0v) is 23.0. The van der Waals surface area contributed by atoms with Gasteiger partial charge in [0.15, 0.2) is 0 Å². The van der Waals surface area contributed by atoms with Crippen LogP contribution < -0.4 is 0 Å². The number of ether oxygens (including phenoxy) is 4. The van der Waals surface area contributed by atoms with Crippen LogP contribution in [-0.2, 0) is 38.1 Å². The summed E-state index contributed by atoms with van der Waals surface area (Å²) in [5, 5.41) is 0. The fourth-order valence-corrected chi connectivity index (χ4v) is 3.13. The number of hydrogen-bond acceptors (Lipinski definition) is 12. The maximum absolute atomic E-state index is 11.1. The summed E-state index contributed by atoms with van der Waals surface area (Å²) < 4.78 is 20.2. The van der Waals surface area contributed by atoms with E-state index in [0.29, 0.717) is 45.9 Å². The third kappa shape index (κ3) is 22.2. The van der Waals surface area contributed by atoms with E-state index >= 15 is 0 Å². The van der Waals surface area contributed by atoms with Gasteiger partial charge in [0.1, 0.15) is 26.4 Å². The molecule has 0 saturated heterocycles. The number of carbonyl (C=O) groups is 4. The third-order valence-electron chi connectivity index (χ3n) is 5.31. The van der Waals surface area contributed by atoms with Crippen LogP contribution in [0.4, 0.5) is 0 Å². The molecule has 12 heteroatoms. The van der Waals surface area contributed by atoms with Gasteiger partial charge in [-0.2, -0.15) is 0 Å². The van der Waals surface area contributed by atoms with E-state index in [0.717, 1.165) is 32.7 Å². The van der Waals surface area contributed by atoms with Crippen LogP contribution >= 0.6 is 0 Å². The molecule has 36 heavy (non-hydrogen) atoms. The highest BCUT2D eigenvalue weighted by Gasteiger charge is 2.13. The van der Waals surface area contributed by atoms with E-state index in [2.05, 4.69) is 19.6 Å². The molecule has 0 N–H and O–H groups in total. The Morgan fingerprint density at radius 3 is 0.972 bits per heavy atom. The van der Waals surface area contributed by atoms with Crippen molar-refractivity contribution in [2.24, 2.45) is 0 Å². The zero-order chi connectivity index (χ0) is 27.3. The summed E-state index contributed by atoms with van der Waals surface area (Å²) in [5.74, 6) is -1.23. The van der Waals surface area contributed by atoms with Gasteiger partial charge in [0, 0.05) is 93.1 Å². The molecule has 0 heterocycles. The van der Waals surface area contributed by atoms with Gasteiger partial charge in [-0.3, -0.25) is 29.0 Å². The lowest BCUT2D eigenvalue weighted by Crippen LogP contribution is -2.44. The molecule has 0 bridgehead atoms. The molecule has 0 rings (SSSR count). The second-order valence-electron chi connectivity index (χ2n) is 8.65. The Labute approximate surface area is 215 Å². The molecule has 210 valence electrons. The minimum Gasteiger partial charge on any atom is -0.465 e. The molecule has 0 aromatic rings. The van der Waals surface area contributed by atoms with Crippen LogP contribution in [0.2, 0.25) is 0 Å². The molecule has 12 nitrogen and oxygen atoms in total. The SMILES string of the molecule is CC(=O)OCCN(C)CCN(CCN(C)CCOC(C)=O)CCN(CCOC(C)=O)CCOC(C)=O. The molecule has 0 aliphatic heterocycles. The van der Waals surface area contributed by atoms with E-state index in [4.69, 9.17) is 18.9 Å². The van der Waals surface area contributed by atoms with Crippen molar-refractivity contribution in [2.45, 2.75) is 27.7 Å². The summed E-state index contributed by atoms with van der Waals surface area (Å²) in [4.78, 5) is 52.9. The zero-order valence-electron chi connectivity index (χ0n) is 23.0. The van der Waals surface area contributed by atoms with Gasteiger partial charge in [-0.1, -0.05) is 0 Å². The van der Waals surface area contributed by atoms with Gasteiger partial charge in [-0.15, -0.1) is 0 Å². The van der Waals surface area contributed by atoms with E-state index in [1.807, 2.05) is 14.1 Å². The molecule has 0 amide bonds. The summed E-state index contributed by atoms with van der Waals surface area (Å²) in [7, 11) is 3.97. The lowest BCUT2D eigenvalue weighted by Gasteiger charge is -2.30. The van der Waals surface area contributed by atoms with Crippen LogP contribution in [0.25, 0.3) is 0 Å². The molecular weight excluding hydrogens is 472 g/mol. The predicted molar refractivity (Wildman–Crippen MR) is 134 cm³/mol. The molecule has 0 saturated carbocycles. The van der Waals surface area contributed by atoms with Crippen molar-refractivity contribution in [3.8, 4) is 0 Å². The Balaban J connectivity index is 4.87. The first-order valence-electron chi connectivity index (χ1n) is 12.3. The summed E-state index contributed by atoms with van der Waals surface area (Å²) >= 11 is 0. The lowest BCUT2D eigenvalue weighted by atomic mass is 10.3. The molecular formula is C24H46N4O8. The number of likely N-dealkylation sites (N-methyl/N-ethyl adjacent to an activating group) is 2. The van der Waals surface area contributed by atoms with E-state index in [9.17, 15) is 19.2 Å². The Hall–Kier alpha value is -2.28. The first-order valence-corrected chi connectivity index (χ1v) is 12.3. The molecule has 0 unspecified atom stereocenters. The van der Waals surface area contributed by atoms with Crippen molar-refractivity contribution < 1.29 is 38.1 Å². The maximum atomic E-state index is 11.1. The standard InChI is InChI=1S/C24H46N4O8/c1-21(29)33-17-13-25(5)7-9-27(10-8-26(6)14-18-34-22(2)30)11-12-28(15-19-35-23(3)31)16-20-36-24(4)32/h7-20H2,1-6H3. The van der Waals surface area contributed by atoms with Crippen LogP contribution in [0.1, 0.15) is 27.7 Å². The fraction of sp³-hybridized carbons (Fsp3) is 0.833. The molecule has 0 fully saturated rings. The van der Waals surface area contributed by atoms with Crippen LogP contribution in [0.3, 0.4) is 0 Å². The molecule has 0 atom stereocenters. The van der Waals surface area contributed by atoms with Gasteiger partial charge < -0.3 is 28.7 Å². The number of carbonyl (C=O) groups excluding carboxylic acids is 4. The smallest absolute Gasteiger partial charge is 0.302 e. The number of nitrogens with zero attached hydrogens (tertiary/aromatic N) is 4. The number of hydrogen-bond donors (Lipinski definition) is 0. The van der Waals surface area contributed by atoms with Gasteiger partial charge in [0.2, 0.25) is 0 Å². The van der Waals surface area contributed by atoms with Gasteiger partial charge in [0.05, 0.1) is 0 Å². The van der Waals surface area contributed by atoms with E-state index in [-0.39, 0.29) is 37.1 Å². The highest BCUT2D eigenvalue weighted by atomic mass is 16.5. The van der Waals surface area contributed by atoms with Gasteiger partial charge in [-0.25, -0.2) is 0 Å². The van der Waals surface area contributed by atoms with Crippen molar-refractivity contribution in [2.75, 3.05) is 106 Å². The van der Waals surface area contributed by atoms with Crippen molar-refractivity contribution >= 4 is 23.9 Å². The molecule has 0 aliphatic carbocycles. The van der Waals surface area contributed by atoms with Gasteiger partial charge in [0.25, 0.3) is 0 Å². The molecule has 0 aromatic heterocycles.